The highest BCUT2D eigenvalue weighted by molar-refractivity contribution is 6.30. The molecular formula is C14H12ClFO2. The molecule has 0 unspecified atom stereocenters. The number of hydrogen-bond donors (Lipinski definition) is 1. The fourth-order valence-electron chi connectivity index (χ4n) is 1.58. The summed E-state index contributed by atoms with van der Waals surface area (Å²) in [6, 6.07) is 9.47. The summed E-state index contributed by atoms with van der Waals surface area (Å²) in [5.74, 6) is 0.750. The summed E-state index contributed by atoms with van der Waals surface area (Å²) < 4.78 is 18.7. The molecule has 2 aromatic carbocycles. The van der Waals surface area contributed by atoms with Crippen molar-refractivity contribution < 1.29 is 14.2 Å². The van der Waals surface area contributed by atoms with E-state index in [-0.39, 0.29) is 12.4 Å². The molecule has 0 radical (unpaired) electrons. The molecule has 2 rings (SSSR count). The van der Waals surface area contributed by atoms with Gasteiger partial charge in [-0.2, -0.15) is 0 Å². The second kappa shape index (κ2) is 5.38. The van der Waals surface area contributed by atoms with Crippen LogP contribution in [-0.2, 0) is 6.61 Å². The molecule has 0 bridgehead atoms. The van der Waals surface area contributed by atoms with Crippen molar-refractivity contribution in [1.82, 2.24) is 0 Å². The van der Waals surface area contributed by atoms with Crippen molar-refractivity contribution in [3.05, 3.63) is 58.4 Å². The largest absolute Gasteiger partial charge is 0.457 e. The first-order valence-corrected chi connectivity index (χ1v) is 5.81. The van der Waals surface area contributed by atoms with Crippen LogP contribution in [0.3, 0.4) is 0 Å². The van der Waals surface area contributed by atoms with Crippen LogP contribution in [0.5, 0.6) is 11.5 Å². The van der Waals surface area contributed by atoms with Crippen LogP contribution in [0, 0.1) is 12.7 Å². The van der Waals surface area contributed by atoms with Crippen molar-refractivity contribution in [2.24, 2.45) is 0 Å². The number of benzene rings is 2. The molecule has 0 aliphatic rings. The first-order valence-electron chi connectivity index (χ1n) is 5.43. The van der Waals surface area contributed by atoms with Crippen molar-refractivity contribution in [1.29, 1.82) is 0 Å². The molecular weight excluding hydrogens is 255 g/mol. The molecule has 0 amide bonds. The van der Waals surface area contributed by atoms with Gasteiger partial charge in [0, 0.05) is 10.6 Å². The monoisotopic (exact) mass is 266 g/mol. The third kappa shape index (κ3) is 2.81. The van der Waals surface area contributed by atoms with E-state index in [1.165, 1.54) is 12.1 Å². The van der Waals surface area contributed by atoms with E-state index >= 15 is 0 Å². The third-order valence-corrected chi connectivity index (χ3v) is 2.79. The first kappa shape index (κ1) is 12.9. The molecule has 0 atom stereocenters. The van der Waals surface area contributed by atoms with Crippen molar-refractivity contribution in [2.75, 3.05) is 0 Å². The van der Waals surface area contributed by atoms with E-state index in [1.807, 2.05) is 0 Å². The fourth-order valence-corrected chi connectivity index (χ4v) is 1.77. The van der Waals surface area contributed by atoms with Gasteiger partial charge in [0.05, 0.1) is 6.61 Å². The zero-order chi connectivity index (χ0) is 13.1. The average Bonchev–Trinajstić information content (AvgIpc) is 2.36. The maximum atomic E-state index is 13.1. The van der Waals surface area contributed by atoms with Gasteiger partial charge in [0.25, 0.3) is 0 Å². The zero-order valence-electron chi connectivity index (χ0n) is 9.78. The highest BCUT2D eigenvalue weighted by atomic mass is 35.5. The number of aliphatic hydroxyl groups is 1. The van der Waals surface area contributed by atoms with Crippen molar-refractivity contribution in [3.8, 4) is 11.5 Å². The average molecular weight is 267 g/mol. The van der Waals surface area contributed by atoms with Crippen LogP contribution in [-0.4, -0.2) is 5.11 Å². The van der Waals surface area contributed by atoms with E-state index < -0.39 is 0 Å². The fraction of sp³-hybridized carbons (Fsp3) is 0.143. The molecule has 2 aromatic rings. The number of ether oxygens (including phenoxy) is 1. The molecule has 0 fully saturated rings. The SMILES string of the molecule is Cc1cc(Oc2ccc(Cl)cc2CO)ccc1F. The Balaban J connectivity index is 2.30. The van der Waals surface area contributed by atoms with Gasteiger partial charge in [-0.25, -0.2) is 4.39 Å². The third-order valence-electron chi connectivity index (χ3n) is 2.55. The van der Waals surface area contributed by atoms with Crippen LogP contribution in [0.2, 0.25) is 5.02 Å². The second-order valence-electron chi connectivity index (χ2n) is 3.92. The van der Waals surface area contributed by atoms with Gasteiger partial charge in [0.1, 0.15) is 17.3 Å². The van der Waals surface area contributed by atoms with Gasteiger partial charge in [0.15, 0.2) is 0 Å². The Labute approximate surface area is 110 Å². The molecule has 0 saturated carbocycles. The topological polar surface area (TPSA) is 29.5 Å². The molecule has 0 heterocycles. The maximum absolute atomic E-state index is 13.1. The summed E-state index contributed by atoms with van der Waals surface area (Å²) in [5.41, 5.74) is 1.09. The van der Waals surface area contributed by atoms with Gasteiger partial charge in [-0.3, -0.25) is 0 Å². The van der Waals surface area contributed by atoms with Crippen LogP contribution < -0.4 is 4.74 Å². The predicted octanol–water partition coefficient (Wildman–Crippen LogP) is 4.07. The Morgan fingerprint density at radius 3 is 2.67 bits per heavy atom. The molecule has 2 nitrogen and oxygen atoms in total. The summed E-state index contributed by atoms with van der Waals surface area (Å²) in [6.45, 7) is 1.49. The molecule has 18 heavy (non-hydrogen) atoms. The summed E-state index contributed by atoms with van der Waals surface area (Å²) >= 11 is 5.83. The Morgan fingerprint density at radius 2 is 2.00 bits per heavy atom. The van der Waals surface area contributed by atoms with E-state index in [9.17, 15) is 9.50 Å². The van der Waals surface area contributed by atoms with E-state index in [0.29, 0.717) is 27.6 Å². The summed E-state index contributed by atoms with van der Waals surface area (Å²) in [5, 5.41) is 9.75. The lowest BCUT2D eigenvalue weighted by molar-refractivity contribution is 0.276. The smallest absolute Gasteiger partial charge is 0.133 e. The Bertz CT molecular complexity index is 570. The predicted molar refractivity (Wildman–Crippen MR) is 68.6 cm³/mol. The van der Waals surface area contributed by atoms with Crippen molar-refractivity contribution in [2.45, 2.75) is 13.5 Å². The first-order chi connectivity index (χ1) is 8.60. The van der Waals surface area contributed by atoms with Gasteiger partial charge < -0.3 is 9.84 Å². The van der Waals surface area contributed by atoms with Crippen LogP contribution >= 0.6 is 11.6 Å². The molecule has 1 N–H and O–H groups in total. The number of aryl methyl sites for hydroxylation is 1. The molecule has 0 aliphatic heterocycles. The minimum atomic E-state index is -0.277. The van der Waals surface area contributed by atoms with Gasteiger partial charge in [-0.1, -0.05) is 11.6 Å². The number of halogens is 2. The van der Waals surface area contributed by atoms with Crippen LogP contribution in [0.1, 0.15) is 11.1 Å². The van der Waals surface area contributed by atoms with Gasteiger partial charge in [-0.05, 0) is 48.9 Å². The zero-order valence-corrected chi connectivity index (χ0v) is 10.5. The molecule has 0 spiro atoms. The summed E-state index contributed by atoms with van der Waals surface area (Å²) in [7, 11) is 0. The van der Waals surface area contributed by atoms with E-state index in [0.717, 1.165) is 0 Å². The Hall–Kier alpha value is -1.58. The number of aliphatic hydroxyl groups excluding tert-OH is 1. The van der Waals surface area contributed by atoms with E-state index in [2.05, 4.69) is 0 Å². The van der Waals surface area contributed by atoms with Crippen LogP contribution in [0.15, 0.2) is 36.4 Å². The lowest BCUT2D eigenvalue weighted by Crippen LogP contribution is -1.92. The minimum absolute atomic E-state index is 0.171. The maximum Gasteiger partial charge on any atom is 0.133 e. The van der Waals surface area contributed by atoms with E-state index in [4.69, 9.17) is 16.3 Å². The van der Waals surface area contributed by atoms with Gasteiger partial charge >= 0.3 is 0 Å². The quantitative estimate of drug-likeness (QED) is 0.907. The molecule has 0 aromatic heterocycles. The second-order valence-corrected chi connectivity index (χ2v) is 4.36. The van der Waals surface area contributed by atoms with E-state index in [1.54, 1.807) is 31.2 Å². The summed E-state index contributed by atoms with van der Waals surface area (Å²) in [6.07, 6.45) is 0. The normalized spacial score (nSPS) is 10.4. The van der Waals surface area contributed by atoms with Gasteiger partial charge in [0.2, 0.25) is 0 Å². The molecule has 0 aliphatic carbocycles. The minimum Gasteiger partial charge on any atom is -0.457 e. The van der Waals surface area contributed by atoms with Crippen molar-refractivity contribution >= 4 is 11.6 Å². The highest BCUT2D eigenvalue weighted by Crippen LogP contribution is 2.28. The molecule has 94 valence electrons. The van der Waals surface area contributed by atoms with Crippen LogP contribution in [0.4, 0.5) is 4.39 Å². The van der Waals surface area contributed by atoms with Gasteiger partial charge in [-0.15, -0.1) is 0 Å². The lowest BCUT2D eigenvalue weighted by Gasteiger charge is -2.10. The lowest BCUT2D eigenvalue weighted by atomic mass is 10.2. The highest BCUT2D eigenvalue weighted by Gasteiger charge is 2.06. The molecule has 4 heteroatoms. The summed E-state index contributed by atoms with van der Waals surface area (Å²) in [4.78, 5) is 0. The van der Waals surface area contributed by atoms with Crippen molar-refractivity contribution in [3.63, 3.8) is 0 Å². The Morgan fingerprint density at radius 1 is 1.22 bits per heavy atom. The molecule has 0 saturated heterocycles. The number of rotatable bonds is 3. The Kier molecular flexibility index (Phi) is 3.84. The standard InChI is InChI=1S/C14H12ClFO2/c1-9-6-12(3-4-13(9)16)18-14-5-2-11(15)7-10(14)8-17/h2-7,17H,8H2,1H3. The van der Waals surface area contributed by atoms with Crippen LogP contribution in [0.25, 0.3) is 0 Å². The number of hydrogen-bond acceptors (Lipinski definition) is 2.